The van der Waals surface area contributed by atoms with E-state index < -0.39 is 11.9 Å². The van der Waals surface area contributed by atoms with Gasteiger partial charge in [-0.2, -0.15) is 0 Å². The Kier molecular flexibility index (Phi) is 5.74. The highest BCUT2D eigenvalue weighted by atomic mass is 35.5. The molecule has 0 aliphatic heterocycles. The minimum absolute atomic E-state index is 0.187. The van der Waals surface area contributed by atoms with Crippen LogP contribution >= 0.6 is 22.9 Å². The van der Waals surface area contributed by atoms with E-state index in [-0.39, 0.29) is 5.70 Å². The molecule has 0 saturated carbocycles. The Morgan fingerprint density at radius 3 is 2.41 bits per heavy atom. The van der Waals surface area contributed by atoms with Gasteiger partial charge in [0.2, 0.25) is 0 Å². The number of carbonyl (C=O) groups is 2. The zero-order chi connectivity index (χ0) is 19.4. The summed E-state index contributed by atoms with van der Waals surface area (Å²) in [6.45, 7) is 1.91. The quantitative estimate of drug-likeness (QED) is 0.579. The van der Waals surface area contributed by atoms with Crippen LogP contribution in [-0.4, -0.2) is 17.0 Å². The van der Waals surface area contributed by atoms with Gasteiger partial charge < -0.3 is 10.4 Å². The molecule has 1 heterocycles. The molecule has 0 fully saturated rings. The van der Waals surface area contributed by atoms with E-state index in [0.717, 1.165) is 16.0 Å². The molecule has 2 aromatic carbocycles. The first-order valence-electron chi connectivity index (χ1n) is 8.12. The number of carbonyl (C=O) groups excluding carboxylic acids is 1. The number of aryl methyl sites for hydroxylation is 1. The highest BCUT2D eigenvalue weighted by Gasteiger charge is 2.14. The first-order valence-corrected chi connectivity index (χ1v) is 9.31. The SMILES string of the molecule is Cc1ccc(C(=O)NC(=Cc2ccc(-c3ccccc3Cl)s2)C(=O)O)cc1. The van der Waals surface area contributed by atoms with Crippen molar-refractivity contribution in [1.29, 1.82) is 0 Å². The second-order valence-electron chi connectivity index (χ2n) is 5.87. The van der Waals surface area contributed by atoms with Gasteiger partial charge in [-0.1, -0.05) is 47.5 Å². The number of hydrogen-bond donors (Lipinski definition) is 2. The number of thiophene rings is 1. The predicted molar refractivity (Wildman–Crippen MR) is 109 cm³/mol. The maximum Gasteiger partial charge on any atom is 0.352 e. The Bertz CT molecular complexity index is 1020. The lowest BCUT2D eigenvalue weighted by molar-refractivity contribution is -0.132. The first-order chi connectivity index (χ1) is 12.9. The van der Waals surface area contributed by atoms with Crippen molar-refractivity contribution >= 4 is 40.9 Å². The van der Waals surface area contributed by atoms with Crippen LogP contribution in [-0.2, 0) is 4.79 Å². The topological polar surface area (TPSA) is 66.4 Å². The summed E-state index contributed by atoms with van der Waals surface area (Å²) in [5, 5.41) is 12.5. The number of aliphatic carboxylic acids is 1. The van der Waals surface area contributed by atoms with Crippen LogP contribution in [0.2, 0.25) is 5.02 Å². The van der Waals surface area contributed by atoms with Crippen LogP contribution in [0.1, 0.15) is 20.8 Å². The molecule has 4 nitrogen and oxygen atoms in total. The Labute approximate surface area is 165 Å². The maximum atomic E-state index is 12.3. The fourth-order valence-corrected chi connectivity index (χ4v) is 3.71. The fourth-order valence-electron chi connectivity index (χ4n) is 2.43. The summed E-state index contributed by atoms with van der Waals surface area (Å²) in [6.07, 6.45) is 1.44. The summed E-state index contributed by atoms with van der Waals surface area (Å²) in [6, 6.07) is 18.0. The molecule has 0 bridgehead atoms. The molecule has 0 unspecified atom stereocenters. The van der Waals surface area contributed by atoms with Gasteiger partial charge in [-0.05, 0) is 43.3 Å². The van der Waals surface area contributed by atoms with Crippen LogP contribution in [0.3, 0.4) is 0 Å². The van der Waals surface area contributed by atoms with E-state index in [4.69, 9.17) is 11.6 Å². The largest absolute Gasteiger partial charge is 0.477 e. The molecule has 0 aliphatic rings. The van der Waals surface area contributed by atoms with E-state index in [1.165, 1.54) is 17.4 Å². The number of carboxylic acids is 1. The van der Waals surface area contributed by atoms with E-state index in [9.17, 15) is 14.7 Å². The molecule has 27 heavy (non-hydrogen) atoms. The van der Waals surface area contributed by atoms with Crippen molar-refractivity contribution in [3.63, 3.8) is 0 Å². The third kappa shape index (κ3) is 4.64. The minimum atomic E-state index is -1.21. The molecule has 1 aromatic heterocycles. The summed E-state index contributed by atoms with van der Waals surface area (Å²) in [5.41, 5.74) is 2.11. The fraction of sp³-hybridized carbons (Fsp3) is 0.0476. The number of nitrogens with one attached hydrogen (secondary N) is 1. The normalized spacial score (nSPS) is 11.3. The van der Waals surface area contributed by atoms with Gasteiger partial charge in [0.1, 0.15) is 5.70 Å². The average molecular weight is 398 g/mol. The molecule has 0 spiro atoms. The van der Waals surface area contributed by atoms with Crippen molar-refractivity contribution < 1.29 is 14.7 Å². The van der Waals surface area contributed by atoms with Gasteiger partial charge >= 0.3 is 5.97 Å². The van der Waals surface area contributed by atoms with E-state index in [1.807, 2.05) is 31.2 Å². The van der Waals surface area contributed by atoms with Crippen LogP contribution in [0.4, 0.5) is 0 Å². The van der Waals surface area contributed by atoms with Crippen molar-refractivity contribution in [1.82, 2.24) is 5.32 Å². The van der Waals surface area contributed by atoms with Gasteiger partial charge in [-0.15, -0.1) is 11.3 Å². The molecule has 0 aliphatic carbocycles. The monoisotopic (exact) mass is 397 g/mol. The van der Waals surface area contributed by atoms with Crippen molar-refractivity contribution in [2.45, 2.75) is 6.92 Å². The summed E-state index contributed by atoms with van der Waals surface area (Å²) in [7, 11) is 0. The van der Waals surface area contributed by atoms with Crippen LogP contribution in [0, 0.1) is 6.92 Å². The van der Waals surface area contributed by atoms with Crippen LogP contribution in [0.15, 0.2) is 66.4 Å². The standard InChI is InChI=1S/C21H16ClNO3S/c1-13-6-8-14(9-7-13)20(24)23-18(21(25)26)12-15-10-11-19(27-15)16-4-2-3-5-17(16)22/h2-12H,1H3,(H,23,24)(H,25,26). The number of benzene rings is 2. The molecule has 1 amide bonds. The summed E-state index contributed by atoms with van der Waals surface area (Å²) >= 11 is 7.61. The lowest BCUT2D eigenvalue weighted by Gasteiger charge is -2.06. The van der Waals surface area contributed by atoms with E-state index in [1.54, 1.807) is 36.4 Å². The van der Waals surface area contributed by atoms with Crippen molar-refractivity contribution in [2.24, 2.45) is 0 Å². The highest BCUT2D eigenvalue weighted by Crippen LogP contribution is 2.33. The van der Waals surface area contributed by atoms with Crippen molar-refractivity contribution in [2.75, 3.05) is 0 Å². The molecule has 136 valence electrons. The minimum Gasteiger partial charge on any atom is -0.477 e. The van der Waals surface area contributed by atoms with Crippen LogP contribution in [0.5, 0.6) is 0 Å². The van der Waals surface area contributed by atoms with E-state index >= 15 is 0 Å². The van der Waals surface area contributed by atoms with Gasteiger partial charge in [0.15, 0.2) is 0 Å². The zero-order valence-corrected chi connectivity index (χ0v) is 16.0. The molecule has 3 rings (SSSR count). The van der Waals surface area contributed by atoms with Crippen LogP contribution < -0.4 is 5.32 Å². The Balaban J connectivity index is 1.84. The first kappa shape index (κ1) is 18.9. The number of carboxylic acid groups (broad SMARTS) is 1. The summed E-state index contributed by atoms with van der Waals surface area (Å²) in [4.78, 5) is 25.5. The van der Waals surface area contributed by atoms with Crippen molar-refractivity contribution in [3.8, 4) is 10.4 Å². The Morgan fingerprint density at radius 2 is 1.74 bits per heavy atom. The smallest absolute Gasteiger partial charge is 0.352 e. The van der Waals surface area contributed by atoms with Gasteiger partial charge in [0.05, 0.1) is 0 Å². The average Bonchev–Trinajstić information content (AvgIpc) is 3.10. The summed E-state index contributed by atoms with van der Waals surface area (Å²) < 4.78 is 0. The van der Waals surface area contributed by atoms with Crippen molar-refractivity contribution in [3.05, 3.63) is 87.4 Å². The molecular formula is C21H16ClNO3S. The Morgan fingerprint density at radius 1 is 1.04 bits per heavy atom. The number of amides is 1. The van der Waals surface area contributed by atoms with E-state index in [2.05, 4.69) is 5.32 Å². The molecular weight excluding hydrogens is 382 g/mol. The van der Waals surface area contributed by atoms with E-state index in [0.29, 0.717) is 15.5 Å². The third-order valence-electron chi connectivity index (χ3n) is 3.85. The molecule has 0 saturated heterocycles. The molecule has 6 heteroatoms. The van der Waals surface area contributed by atoms with Gasteiger partial charge in [-0.3, -0.25) is 4.79 Å². The predicted octanol–water partition coefficient (Wildman–Crippen LogP) is 5.23. The zero-order valence-electron chi connectivity index (χ0n) is 14.4. The second kappa shape index (κ2) is 8.20. The molecule has 0 radical (unpaired) electrons. The summed E-state index contributed by atoms with van der Waals surface area (Å²) in [5.74, 6) is -1.67. The lowest BCUT2D eigenvalue weighted by Crippen LogP contribution is -2.27. The molecule has 0 atom stereocenters. The Hall–Kier alpha value is -2.89. The molecule has 2 N–H and O–H groups in total. The third-order valence-corrected chi connectivity index (χ3v) is 5.24. The number of rotatable bonds is 5. The van der Waals surface area contributed by atoms with Gasteiger partial charge in [0.25, 0.3) is 5.91 Å². The van der Waals surface area contributed by atoms with Gasteiger partial charge in [0, 0.05) is 25.9 Å². The maximum absolute atomic E-state index is 12.3. The number of hydrogen-bond acceptors (Lipinski definition) is 3. The second-order valence-corrected chi connectivity index (χ2v) is 7.39. The molecule has 3 aromatic rings. The van der Waals surface area contributed by atoms with Gasteiger partial charge in [-0.25, -0.2) is 4.79 Å². The lowest BCUT2D eigenvalue weighted by atomic mass is 10.1. The highest BCUT2D eigenvalue weighted by molar-refractivity contribution is 7.16. The van der Waals surface area contributed by atoms with Crippen LogP contribution in [0.25, 0.3) is 16.5 Å². The number of halogens is 1.